The zero-order valence-corrected chi connectivity index (χ0v) is 15.8. The second-order valence-corrected chi connectivity index (χ2v) is 7.83. The molecule has 2 atom stereocenters. The molecule has 2 unspecified atom stereocenters. The summed E-state index contributed by atoms with van der Waals surface area (Å²) in [6, 6.07) is 5.14. The second kappa shape index (κ2) is 7.98. The van der Waals surface area contributed by atoms with Crippen molar-refractivity contribution in [1.82, 2.24) is 20.4 Å². The van der Waals surface area contributed by atoms with Crippen LogP contribution in [0.1, 0.15) is 34.3 Å². The van der Waals surface area contributed by atoms with Gasteiger partial charge in [0.2, 0.25) is 11.8 Å². The number of imide groups is 1. The molecule has 4 rings (SSSR count). The fraction of sp³-hybridized carbons (Fsp3) is 0.550. The fourth-order valence-corrected chi connectivity index (χ4v) is 4.37. The number of rotatable bonds is 4. The number of aliphatic hydroxyl groups is 1. The van der Waals surface area contributed by atoms with Gasteiger partial charge in [0.05, 0.1) is 0 Å². The number of nitrogens with zero attached hydrogens (tertiary/aromatic N) is 2. The van der Waals surface area contributed by atoms with Gasteiger partial charge >= 0.3 is 0 Å². The van der Waals surface area contributed by atoms with Crippen molar-refractivity contribution < 1.29 is 19.5 Å². The van der Waals surface area contributed by atoms with Crippen molar-refractivity contribution in [2.45, 2.75) is 32.0 Å². The van der Waals surface area contributed by atoms with Crippen LogP contribution in [0.4, 0.5) is 0 Å². The molecule has 8 heteroatoms. The number of carbonyl (C=O) groups excluding carboxylic acids is 3. The molecule has 0 aliphatic carbocycles. The van der Waals surface area contributed by atoms with Crippen molar-refractivity contribution in [1.29, 1.82) is 0 Å². The highest BCUT2D eigenvalue weighted by Gasteiger charge is 2.39. The smallest absolute Gasteiger partial charge is 0.255 e. The van der Waals surface area contributed by atoms with Crippen LogP contribution >= 0.6 is 0 Å². The molecule has 150 valence electrons. The Morgan fingerprint density at radius 1 is 1.21 bits per heavy atom. The van der Waals surface area contributed by atoms with Gasteiger partial charge in [-0.15, -0.1) is 0 Å². The van der Waals surface area contributed by atoms with E-state index in [1.807, 2.05) is 18.2 Å². The summed E-state index contributed by atoms with van der Waals surface area (Å²) in [6.45, 7) is 4.61. The highest BCUT2D eigenvalue weighted by molar-refractivity contribution is 6.05. The first-order valence-electron chi connectivity index (χ1n) is 9.86. The van der Waals surface area contributed by atoms with E-state index >= 15 is 0 Å². The number of carbonyl (C=O) groups is 3. The molecule has 0 saturated carbocycles. The number of nitrogens with one attached hydrogen (secondary N) is 2. The monoisotopic (exact) mass is 386 g/mol. The van der Waals surface area contributed by atoms with Crippen LogP contribution in [-0.2, 0) is 22.7 Å². The number of hydrogen-bond acceptors (Lipinski definition) is 6. The maximum atomic E-state index is 12.9. The zero-order valence-electron chi connectivity index (χ0n) is 15.8. The summed E-state index contributed by atoms with van der Waals surface area (Å²) in [5.74, 6) is -0.611. The lowest BCUT2D eigenvalue weighted by atomic mass is 10.0. The van der Waals surface area contributed by atoms with Gasteiger partial charge in [0.1, 0.15) is 6.04 Å². The molecule has 2 fully saturated rings. The molecule has 0 aromatic heterocycles. The third-order valence-corrected chi connectivity index (χ3v) is 5.89. The van der Waals surface area contributed by atoms with E-state index in [-0.39, 0.29) is 36.7 Å². The maximum absolute atomic E-state index is 12.9. The molecule has 28 heavy (non-hydrogen) atoms. The van der Waals surface area contributed by atoms with E-state index in [2.05, 4.69) is 15.5 Å². The van der Waals surface area contributed by atoms with Crippen LogP contribution in [0, 0.1) is 5.92 Å². The van der Waals surface area contributed by atoms with Crippen molar-refractivity contribution in [2.75, 3.05) is 32.8 Å². The first-order chi connectivity index (χ1) is 13.6. The lowest BCUT2D eigenvalue weighted by Gasteiger charge is -2.29. The topological polar surface area (TPSA) is 102 Å². The van der Waals surface area contributed by atoms with Crippen molar-refractivity contribution in [3.8, 4) is 0 Å². The molecule has 3 aliphatic heterocycles. The molecule has 0 spiro atoms. The van der Waals surface area contributed by atoms with Gasteiger partial charge in [-0.1, -0.05) is 12.1 Å². The Morgan fingerprint density at radius 3 is 2.86 bits per heavy atom. The van der Waals surface area contributed by atoms with Gasteiger partial charge in [-0.2, -0.15) is 0 Å². The Bertz CT molecular complexity index is 796. The van der Waals surface area contributed by atoms with Gasteiger partial charge < -0.3 is 15.3 Å². The molecule has 8 nitrogen and oxygen atoms in total. The van der Waals surface area contributed by atoms with E-state index in [1.165, 1.54) is 0 Å². The van der Waals surface area contributed by atoms with Crippen molar-refractivity contribution in [3.63, 3.8) is 0 Å². The predicted octanol–water partition coefficient (Wildman–Crippen LogP) is -0.539. The largest absolute Gasteiger partial charge is 0.396 e. The summed E-state index contributed by atoms with van der Waals surface area (Å²) in [5, 5.41) is 15.2. The number of hydrogen-bond donors (Lipinski definition) is 3. The summed E-state index contributed by atoms with van der Waals surface area (Å²) in [5.41, 5.74) is 2.70. The zero-order chi connectivity index (χ0) is 19.7. The molecule has 0 radical (unpaired) electrons. The summed E-state index contributed by atoms with van der Waals surface area (Å²) in [6.07, 6.45) is 0.627. The van der Waals surface area contributed by atoms with Gasteiger partial charge in [-0.3, -0.25) is 24.6 Å². The second-order valence-electron chi connectivity index (χ2n) is 7.83. The molecule has 3 N–H and O–H groups in total. The van der Waals surface area contributed by atoms with E-state index in [0.29, 0.717) is 25.1 Å². The standard InChI is InChI=1S/C20H26N4O4/c25-12-13-8-21-6-7-23(9-13)10-14-2-1-3-15-16(14)11-24(20(15)28)17-4-5-18(26)22-19(17)27/h1-3,13,17,21,25H,4-12H2,(H,22,26,27). The fourth-order valence-electron chi connectivity index (χ4n) is 4.37. The number of benzene rings is 1. The number of aliphatic hydroxyl groups excluding tert-OH is 1. The van der Waals surface area contributed by atoms with E-state index in [4.69, 9.17) is 0 Å². The number of fused-ring (bicyclic) bond motifs is 1. The predicted molar refractivity (Wildman–Crippen MR) is 101 cm³/mol. The highest BCUT2D eigenvalue weighted by atomic mass is 16.3. The molecular formula is C20H26N4O4. The van der Waals surface area contributed by atoms with Crippen LogP contribution in [0.5, 0.6) is 0 Å². The molecule has 3 heterocycles. The van der Waals surface area contributed by atoms with Gasteiger partial charge in [-0.25, -0.2) is 0 Å². The van der Waals surface area contributed by atoms with Crippen LogP contribution in [0.3, 0.4) is 0 Å². The first-order valence-corrected chi connectivity index (χ1v) is 9.86. The molecule has 2 saturated heterocycles. The number of piperidine rings is 1. The third-order valence-electron chi connectivity index (χ3n) is 5.89. The van der Waals surface area contributed by atoms with Crippen LogP contribution in [-0.4, -0.2) is 71.5 Å². The summed E-state index contributed by atoms with van der Waals surface area (Å²) in [4.78, 5) is 40.5. The normalized spacial score (nSPS) is 26.2. The van der Waals surface area contributed by atoms with Crippen LogP contribution in [0.15, 0.2) is 18.2 Å². The summed E-state index contributed by atoms with van der Waals surface area (Å²) >= 11 is 0. The van der Waals surface area contributed by atoms with E-state index < -0.39 is 6.04 Å². The van der Waals surface area contributed by atoms with E-state index in [0.717, 1.165) is 37.3 Å². The Balaban J connectivity index is 1.53. The first kappa shape index (κ1) is 19.0. The van der Waals surface area contributed by atoms with Crippen molar-refractivity contribution in [3.05, 3.63) is 34.9 Å². The molecule has 0 bridgehead atoms. The van der Waals surface area contributed by atoms with Gasteiger partial charge in [0.25, 0.3) is 5.91 Å². The Labute approximate surface area is 163 Å². The maximum Gasteiger partial charge on any atom is 0.255 e. The summed E-state index contributed by atoms with van der Waals surface area (Å²) in [7, 11) is 0. The lowest BCUT2D eigenvalue weighted by molar-refractivity contribution is -0.136. The quantitative estimate of drug-likeness (QED) is 0.601. The van der Waals surface area contributed by atoms with Gasteiger partial charge in [0.15, 0.2) is 0 Å². The van der Waals surface area contributed by atoms with Gasteiger partial charge in [-0.05, 0) is 23.6 Å². The third kappa shape index (κ3) is 3.67. The summed E-state index contributed by atoms with van der Waals surface area (Å²) < 4.78 is 0. The number of amides is 3. The minimum Gasteiger partial charge on any atom is -0.396 e. The van der Waals surface area contributed by atoms with Crippen LogP contribution in [0.25, 0.3) is 0 Å². The lowest BCUT2D eigenvalue weighted by Crippen LogP contribution is -2.52. The minimum absolute atomic E-state index is 0.142. The molecular weight excluding hydrogens is 360 g/mol. The van der Waals surface area contributed by atoms with Crippen LogP contribution < -0.4 is 10.6 Å². The Kier molecular flexibility index (Phi) is 5.43. The Hall–Kier alpha value is -2.29. The average molecular weight is 386 g/mol. The average Bonchev–Trinajstić information content (AvgIpc) is 2.87. The van der Waals surface area contributed by atoms with Crippen molar-refractivity contribution in [2.24, 2.45) is 5.92 Å². The molecule has 1 aromatic rings. The SMILES string of the molecule is O=C1CCC(N2Cc3c(CN4CCNCC(CO)C4)cccc3C2=O)C(=O)N1. The molecule has 3 aliphatic rings. The van der Waals surface area contributed by atoms with Crippen molar-refractivity contribution >= 4 is 17.7 Å². The van der Waals surface area contributed by atoms with Crippen LogP contribution in [0.2, 0.25) is 0 Å². The molecule has 3 amide bonds. The van der Waals surface area contributed by atoms with E-state index in [1.54, 1.807) is 4.90 Å². The minimum atomic E-state index is -0.591. The van der Waals surface area contributed by atoms with E-state index in [9.17, 15) is 19.5 Å². The Morgan fingerprint density at radius 2 is 2.07 bits per heavy atom. The molecule has 1 aromatic carbocycles. The highest BCUT2D eigenvalue weighted by Crippen LogP contribution is 2.30. The van der Waals surface area contributed by atoms with Gasteiger partial charge in [0, 0.05) is 63.8 Å².